The van der Waals surface area contributed by atoms with Gasteiger partial charge in [-0.25, -0.2) is 8.42 Å². The third kappa shape index (κ3) is 4.89. The van der Waals surface area contributed by atoms with Crippen LogP contribution in [-0.4, -0.2) is 35.2 Å². The van der Waals surface area contributed by atoms with Crippen LogP contribution in [0.25, 0.3) is 16.8 Å². The molecule has 3 N–H and O–H groups in total. The van der Waals surface area contributed by atoms with E-state index < -0.39 is 38.9 Å². The quantitative estimate of drug-likeness (QED) is 0.382. The predicted octanol–water partition coefficient (Wildman–Crippen LogP) is 3.64. The first-order valence-electron chi connectivity index (χ1n) is 10.0. The molecule has 0 saturated carbocycles. The van der Waals surface area contributed by atoms with E-state index in [2.05, 4.69) is 20.1 Å². The zero-order valence-electron chi connectivity index (χ0n) is 18.3. The van der Waals surface area contributed by atoms with Gasteiger partial charge >= 0.3 is 6.18 Å². The lowest BCUT2D eigenvalue weighted by Crippen LogP contribution is -2.29. The number of anilines is 2. The third-order valence-electron chi connectivity index (χ3n) is 4.95. The summed E-state index contributed by atoms with van der Waals surface area (Å²) in [6, 6.07) is 13.4. The smallest absolute Gasteiger partial charge is 0.342 e. The second-order valence-electron chi connectivity index (χ2n) is 7.69. The van der Waals surface area contributed by atoms with E-state index in [9.17, 15) is 31.2 Å². The number of alkyl halides is 3. The van der Waals surface area contributed by atoms with E-state index in [4.69, 9.17) is 0 Å². The van der Waals surface area contributed by atoms with Crippen molar-refractivity contribution in [2.24, 2.45) is 0 Å². The van der Waals surface area contributed by atoms with Crippen LogP contribution in [0.1, 0.15) is 21.7 Å². The summed E-state index contributed by atoms with van der Waals surface area (Å²) < 4.78 is 67.0. The molecule has 0 aliphatic heterocycles. The van der Waals surface area contributed by atoms with Gasteiger partial charge in [0.05, 0.1) is 17.5 Å². The monoisotopic (exact) mass is 505 g/mol. The number of H-pyrrole nitrogens is 1. The Kier molecular flexibility index (Phi) is 5.88. The van der Waals surface area contributed by atoms with E-state index in [1.807, 2.05) is 0 Å². The van der Waals surface area contributed by atoms with Gasteiger partial charge in [-0.05, 0) is 30.7 Å². The number of amides is 1. The molecular weight excluding hydrogens is 487 g/mol. The number of hydrogen-bond acceptors (Lipinski definition) is 5. The second-order valence-corrected chi connectivity index (χ2v) is 9.44. The normalized spacial score (nSPS) is 12.0. The number of nitrogens with zero attached hydrogens (tertiary/aromatic N) is 2. The van der Waals surface area contributed by atoms with E-state index in [1.54, 1.807) is 18.2 Å². The number of fused-ring (bicyclic) bond motifs is 1. The van der Waals surface area contributed by atoms with Gasteiger partial charge in [0.15, 0.2) is 5.69 Å². The lowest BCUT2D eigenvalue weighted by Gasteiger charge is -2.10. The first-order valence-corrected chi connectivity index (χ1v) is 11.9. The van der Waals surface area contributed by atoms with Crippen LogP contribution < -0.4 is 15.6 Å². The van der Waals surface area contributed by atoms with Crippen molar-refractivity contribution >= 4 is 33.0 Å². The zero-order valence-corrected chi connectivity index (χ0v) is 19.1. The fourth-order valence-electron chi connectivity index (χ4n) is 3.60. The van der Waals surface area contributed by atoms with Gasteiger partial charge in [-0.15, -0.1) is 0 Å². The lowest BCUT2D eigenvalue weighted by molar-refractivity contribution is -0.140. The van der Waals surface area contributed by atoms with Crippen LogP contribution in [0.15, 0.2) is 59.4 Å². The highest BCUT2D eigenvalue weighted by Gasteiger charge is 2.39. The summed E-state index contributed by atoms with van der Waals surface area (Å²) in [5.41, 5.74) is -2.75. The molecule has 2 heterocycles. The molecule has 0 bridgehead atoms. The Morgan fingerprint density at radius 1 is 1.06 bits per heavy atom. The summed E-state index contributed by atoms with van der Waals surface area (Å²) in [6.45, 7) is 1.38. The summed E-state index contributed by atoms with van der Waals surface area (Å²) in [7, 11) is -3.57. The molecule has 0 spiro atoms. The lowest BCUT2D eigenvalue weighted by atomic mass is 10.1. The summed E-state index contributed by atoms with van der Waals surface area (Å²) in [6.07, 6.45) is -3.90. The molecule has 4 aromatic rings. The number of hydrogen-bond donors (Lipinski definition) is 3. The van der Waals surface area contributed by atoms with Gasteiger partial charge in [0.1, 0.15) is 11.2 Å². The SMILES string of the molecule is Cc1[nH]c2c(-c3ccccc3)c(C(F)(F)F)nn2c(=O)c1C(=O)Nc1cccc(NS(C)(=O)=O)c1. The molecule has 0 unspecified atom stereocenters. The largest absolute Gasteiger partial charge is 0.435 e. The minimum atomic E-state index is -4.86. The zero-order chi connectivity index (χ0) is 25.5. The summed E-state index contributed by atoms with van der Waals surface area (Å²) >= 11 is 0. The molecule has 35 heavy (non-hydrogen) atoms. The summed E-state index contributed by atoms with van der Waals surface area (Å²) in [4.78, 5) is 28.8. The number of halogens is 3. The van der Waals surface area contributed by atoms with E-state index in [1.165, 1.54) is 43.3 Å². The minimum absolute atomic E-state index is 0.0243. The van der Waals surface area contributed by atoms with Crippen LogP contribution in [0.5, 0.6) is 0 Å². The number of sulfonamides is 1. The topological polar surface area (TPSA) is 125 Å². The van der Waals surface area contributed by atoms with Crippen molar-refractivity contribution in [2.45, 2.75) is 13.1 Å². The van der Waals surface area contributed by atoms with Crippen LogP contribution in [0, 0.1) is 6.92 Å². The van der Waals surface area contributed by atoms with E-state index >= 15 is 0 Å². The van der Waals surface area contributed by atoms with Crippen molar-refractivity contribution in [2.75, 3.05) is 16.3 Å². The highest BCUT2D eigenvalue weighted by atomic mass is 32.2. The maximum atomic E-state index is 13.8. The van der Waals surface area contributed by atoms with Crippen molar-refractivity contribution in [1.29, 1.82) is 0 Å². The standard InChI is InChI=1S/C22H18F3N5O4S/c1-12-16(20(31)27-14-9-6-10-15(11-14)29-35(2,33)34)21(32)30-19(26-12)17(13-7-4-3-5-8-13)18(28-30)22(23,24)25/h3-11,26,29H,1-2H3,(H,27,31). The molecule has 9 nitrogen and oxygen atoms in total. The Balaban J connectivity index is 1.81. The van der Waals surface area contributed by atoms with Crippen LogP contribution in [0.3, 0.4) is 0 Å². The van der Waals surface area contributed by atoms with Crippen molar-refractivity contribution < 1.29 is 26.4 Å². The van der Waals surface area contributed by atoms with Crippen LogP contribution >= 0.6 is 0 Å². The Bertz CT molecular complexity index is 1610. The number of aromatic amines is 1. The van der Waals surface area contributed by atoms with Gasteiger partial charge in [-0.1, -0.05) is 36.4 Å². The average Bonchev–Trinajstić information content (AvgIpc) is 3.13. The number of aromatic nitrogens is 3. The van der Waals surface area contributed by atoms with Crippen LogP contribution in [-0.2, 0) is 16.2 Å². The number of rotatable bonds is 5. The Labute approximate surface area is 196 Å². The maximum absolute atomic E-state index is 13.8. The first kappa shape index (κ1) is 24.0. The van der Waals surface area contributed by atoms with Gasteiger partial charge < -0.3 is 10.3 Å². The molecule has 0 radical (unpaired) electrons. The van der Waals surface area contributed by atoms with Gasteiger partial charge in [0.25, 0.3) is 11.5 Å². The predicted molar refractivity (Wildman–Crippen MR) is 124 cm³/mol. The van der Waals surface area contributed by atoms with Gasteiger partial charge in [-0.3, -0.25) is 14.3 Å². The van der Waals surface area contributed by atoms with Crippen molar-refractivity contribution in [3.05, 3.63) is 81.9 Å². The summed E-state index contributed by atoms with van der Waals surface area (Å²) in [5, 5.41) is 5.95. The molecule has 0 atom stereocenters. The molecule has 0 aliphatic rings. The highest BCUT2D eigenvalue weighted by molar-refractivity contribution is 7.92. The van der Waals surface area contributed by atoms with Crippen molar-refractivity contribution in [3.63, 3.8) is 0 Å². The first-order chi connectivity index (χ1) is 16.3. The number of carbonyl (C=O) groups is 1. The van der Waals surface area contributed by atoms with E-state index in [0.717, 1.165) is 6.26 Å². The third-order valence-corrected chi connectivity index (χ3v) is 5.56. The molecule has 4 rings (SSSR count). The molecule has 0 saturated heterocycles. The maximum Gasteiger partial charge on any atom is 0.435 e. The van der Waals surface area contributed by atoms with Crippen LogP contribution in [0.2, 0.25) is 0 Å². The number of benzene rings is 2. The minimum Gasteiger partial charge on any atom is -0.342 e. The Hall–Kier alpha value is -4.13. The molecule has 13 heteroatoms. The molecule has 2 aromatic heterocycles. The van der Waals surface area contributed by atoms with Crippen molar-refractivity contribution in [1.82, 2.24) is 14.6 Å². The van der Waals surface area contributed by atoms with E-state index in [-0.39, 0.29) is 33.8 Å². The van der Waals surface area contributed by atoms with Gasteiger partial charge in [0, 0.05) is 11.4 Å². The fraction of sp³-hybridized carbons (Fsp3) is 0.136. The molecular formula is C22H18F3N5O4S. The number of nitrogens with one attached hydrogen (secondary N) is 3. The van der Waals surface area contributed by atoms with Gasteiger partial charge in [-0.2, -0.15) is 22.8 Å². The van der Waals surface area contributed by atoms with Gasteiger partial charge in [0.2, 0.25) is 10.0 Å². The molecule has 182 valence electrons. The van der Waals surface area contributed by atoms with E-state index in [0.29, 0.717) is 4.52 Å². The molecule has 2 aromatic carbocycles. The number of aryl methyl sites for hydroxylation is 1. The molecule has 0 aliphatic carbocycles. The Morgan fingerprint density at radius 3 is 2.34 bits per heavy atom. The van der Waals surface area contributed by atoms with Crippen molar-refractivity contribution in [3.8, 4) is 11.1 Å². The fourth-order valence-corrected chi connectivity index (χ4v) is 4.15. The number of carbonyl (C=O) groups excluding carboxylic acids is 1. The average molecular weight is 505 g/mol. The summed E-state index contributed by atoms with van der Waals surface area (Å²) in [5.74, 6) is -0.910. The Morgan fingerprint density at radius 2 is 1.71 bits per heavy atom. The van der Waals surface area contributed by atoms with Crippen LogP contribution in [0.4, 0.5) is 24.5 Å². The highest BCUT2D eigenvalue weighted by Crippen LogP contribution is 2.38. The second kappa shape index (κ2) is 8.58. The molecule has 1 amide bonds. The molecule has 0 fully saturated rings.